The number of amides is 2. The molecule has 15 nitrogen and oxygen atoms in total. The number of methoxy groups -OCH3 is 2. The minimum atomic E-state index is -2.45. The maximum Gasteiger partial charge on any atom is 0.408 e. The summed E-state index contributed by atoms with van der Waals surface area (Å²) in [6.07, 6.45) is 4.12. The molecule has 7 rings (SSSR count). The second-order valence-corrected chi connectivity index (χ2v) is 21.8. The Labute approximate surface area is 391 Å². The molecule has 350 valence electrons. The molecule has 2 N–H and O–H groups in total. The largest absolute Gasteiger partial charge is 0.497 e. The summed E-state index contributed by atoms with van der Waals surface area (Å²) in [5.74, 6) is 11.0. The maximum atomic E-state index is 14.3. The summed E-state index contributed by atoms with van der Waals surface area (Å²) in [5, 5.41) is 5.48. The summed E-state index contributed by atoms with van der Waals surface area (Å²) < 4.78 is 54.4. The van der Waals surface area contributed by atoms with Crippen LogP contribution in [0.1, 0.15) is 82.8 Å². The number of allylic oxidation sites excluding steroid dienone is 3. The monoisotopic (exact) mass is 942 g/mol. The van der Waals surface area contributed by atoms with Crippen LogP contribution in [0.5, 0.6) is 23.0 Å². The van der Waals surface area contributed by atoms with Crippen LogP contribution in [-0.2, 0) is 33.0 Å². The zero-order valence-corrected chi connectivity index (χ0v) is 40.2. The highest BCUT2D eigenvalue weighted by Gasteiger charge is 2.50. The van der Waals surface area contributed by atoms with Crippen molar-refractivity contribution in [3.05, 3.63) is 88.2 Å². The lowest BCUT2D eigenvalue weighted by molar-refractivity contribution is -0.146. The molecular formula is C49H55ClN2O13Si. The van der Waals surface area contributed by atoms with Crippen molar-refractivity contribution in [2.24, 2.45) is 0 Å². The number of fused-ring (bicyclic) bond motifs is 9. The predicted octanol–water partition coefficient (Wildman–Crippen LogP) is 8.65. The van der Waals surface area contributed by atoms with Gasteiger partial charge in [0.1, 0.15) is 23.6 Å². The average Bonchev–Trinajstić information content (AvgIpc) is 3.67. The molecule has 0 saturated carbocycles. The molecule has 4 atom stereocenters. The maximum absolute atomic E-state index is 14.3. The predicted molar refractivity (Wildman–Crippen MR) is 248 cm³/mol. The van der Waals surface area contributed by atoms with E-state index in [0.29, 0.717) is 5.56 Å². The van der Waals surface area contributed by atoms with E-state index in [1.165, 1.54) is 26.4 Å². The number of carbonyl (C=O) groups excluding carboxylic acids is 4. The van der Waals surface area contributed by atoms with E-state index in [-0.39, 0.29) is 70.2 Å². The van der Waals surface area contributed by atoms with Crippen molar-refractivity contribution in [3.63, 3.8) is 0 Å². The third-order valence-corrected chi connectivity index (χ3v) is 16.2. The quantitative estimate of drug-likeness (QED) is 0.0517. The van der Waals surface area contributed by atoms with Gasteiger partial charge in [-0.15, -0.1) is 0 Å². The van der Waals surface area contributed by atoms with Gasteiger partial charge in [-0.25, -0.2) is 9.59 Å². The number of alkyl carbamates (subject to hydrolysis) is 1. The Hall–Kier alpha value is -6.17. The third-order valence-electron chi connectivity index (χ3n) is 11.3. The number of rotatable bonds is 12. The Kier molecular flexibility index (Phi) is 15.7. The van der Waals surface area contributed by atoms with Crippen LogP contribution < -0.4 is 29.6 Å². The highest BCUT2D eigenvalue weighted by Crippen LogP contribution is 2.46. The van der Waals surface area contributed by atoms with Gasteiger partial charge in [0.15, 0.2) is 50.3 Å². The summed E-state index contributed by atoms with van der Waals surface area (Å²) in [6.45, 7) is 14.4. The van der Waals surface area contributed by atoms with E-state index in [1.807, 2.05) is 18.2 Å². The summed E-state index contributed by atoms with van der Waals surface area (Å²) in [6, 6.07) is 7.36. The van der Waals surface area contributed by atoms with Gasteiger partial charge in [-0.1, -0.05) is 80.9 Å². The van der Waals surface area contributed by atoms with Gasteiger partial charge in [-0.2, -0.15) is 0 Å². The van der Waals surface area contributed by atoms with Gasteiger partial charge < -0.3 is 53.0 Å². The molecule has 0 unspecified atom stereocenters. The molecule has 17 heteroatoms. The van der Waals surface area contributed by atoms with Gasteiger partial charge in [-0.05, 0) is 74.3 Å². The van der Waals surface area contributed by atoms with Crippen LogP contribution in [0.15, 0.2) is 72.1 Å². The van der Waals surface area contributed by atoms with Crippen molar-refractivity contribution in [1.82, 2.24) is 5.32 Å². The Morgan fingerprint density at radius 2 is 1.83 bits per heavy atom. The van der Waals surface area contributed by atoms with Gasteiger partial charge in [0.05, 0.1) is 35.8 Å². The molecule has 2 amide bonds. The van der Waals surface area contributed by atoms with Crippen molar-refractivity contribution in [2.45, 2.75) is 108 Å². The number of benzene rings is 2. The number of carbonyl (C=O) groups is 4. The van der Waals surface area contributed by atoms with Gasteiger partial charge in [0.25, 0.3) is 5.91 Å². The molecule has 3 heterocycles. The minimum Gasteiger partial charge on any atom is -0.497 e. The Bertz CT molecular complexity index is 2470. The van der Waals surface area contributed by atoms with Crippen LogP contribution in [0, 0.1) is 23.7 Å². The van der Waals surface area contributed by atoms with E-state index in [2.05, 4.69) is 61.7 Å². The number of hydrogen-bond acceptors (Lipinski definition) is 13. The second-order valence-electron chi connectivity index (χ2n) is 16.7. The lowest BCUT2D eigenvalue weighted by Crippen LogP contribution is -2.54. The standard InChI is InChI=1S/C49H55ClN2O13Si/c1-10-66(11-2,12-3)65-49-22-16-20-33(49)19-15-18-31-17-13-14-21-41(49)63-44-36(50)23-32(24-39(44)60-29-57-8)37(51-47(56)64-48(5,6)7)27-42(53)59-28-40(31)62-46(55)35-25-34(58-9)26-38-43(35)52-45(54)30(4)61-38/h16-17,20,22-26,37,40-41H,4,10-13,19,27-29H2,1-3,5-9H3,(H,51,56)(H,52,54)/b31-17+/t37-,40-,41+,49+/m0/s1. The molecule has 3 aliphatic heterocycles. The van der Waals surface area contributed by atoms with Crippen LogP contribution >= 0.6 is 11.6 Å². The lowest BCUT2D eigenvalue weighted by atomic mass is 9.88. The smallest absolute Gasteiger partial charge is 0.408 e. The summed E-state index contributed by atoms with van der Waals surface area (Å²) in [5.41, 5.74) is -0.833. The molecule has 4 bridgehead atoms. The van der Waals surface area contributed by atoms with E-state index in [1.54, 1.807) is 39.0 Å². The molecule has 66 heavy (non-hydrogen) atoms. The van der Waals surface area contributed by atoms with Crippen molar-refractivity contribution < 1.29 is 61.5 Å². The van der Waals surface area contributed by atoms with E-state index < -0.39 is 74.7 Å². The average molecular weight is 944 g/mol. The van der Waals surface area contributed by atoms with Crippen LogP contribution in [0.4, 0.5) is 10.5 Å². The molecule has 0 radical (unpaired) electrons. The molecule has 0 saturated heterocycles. The Balaban J connectivity index is 1.52. The van der Waals surface area contributed by atoms with Gasteiger partial charge in [0, 0.05) is 31.6 Å². The molecule has 0 fully saturated rings. The molecule has 5 aliphatic rings. The highest BCUT2D eigenvalue weighted by molar-refractivity contribution is 6.73. The normalized spacial score (nSPS) is 22.1. The zero-order valence-electron chi connectivity index (χ0n) is 38.4. The summed E-state index contributed by atoms with van der Waals surface area (Å²) >= 11 is 7.14. The Morgan fingerprint density at radius 3 is 2.53 bits per heavy atom. The highest BCUT2D eigenvalue weighted by atomic mass is 35.5. The van der Waals surface area contributed by atoms with Crippen molar-refractivity contribution in [2.75, 3.05) is 32.9 Å². The van der Waals surface area contributed by atoms with E-state index in [4.69, 9.17) is 53.9 Å². The molecule has 2 aliphatic carbocycles. The van der Waals surface area contributed by atoms with Gasteiger partial charge >= 0.3 is 18.0 Å². The molecule has 2 aromatic rings. The van der Waals surface area contributed by atoms with Crippen LogP contribution in [0.3, 0.4) is 0 Å². The van der Waals surface area contributed by atoms with Crippen LogP contribution in [0.2, 0.25) is 23.2 Å². The summed E-state index contributed by atoms with van der Waals surface area (Å²) in [4.78, 5) is 54.3. The number of hydrogen-bond donors (Lipinski definition) is 2. The van der Waals surface area contributed by atoms with Crippen molar-refractivity contribution in [1.29, 1.82) is 0 Å². The first-order valence-electron chi connectivity index (χ1n) is 21.6. The van der Waals surface area contributed by atoms with Crippen molar-refractivity contribution in [3.8, 4) is 46.7 Å². The first-order valence-corrected chi connectivity index (χ1v) is 24.5. The van der Waals surface area contributed by atoms with E-state index in [0.717, 1.165) is 23.7 Å². The topological polar surface area (TPSA) is 175 Å². The van der Waals surface area contributed by atoms with Crippen LogP contribution in [-0.4, -0.2) is 83.3 Å². The lowest BCUT2D eigenvalue weighted by Gasteiger charge is -2.43. The second kappa shape index (κ2) is 21.0. The first kappa shape index (κ1) is 49.3. The van der Waals surface area contributed by atoms with Crippen molar-refractivity contribution >= 4 is 49.5 Å². The molecule has 2 aromatic carbocycles. The molecule has 0 spiro atoms. The number of ether oxygens (including phenoxy) is 8. The van der Waals surface area contributed by atoms with Gasteiger partial charge in [-0.3, -0.25) is 9.59 Å². The third kappa shape index (κ3) is 11.3. The fraction of sp³-hybridized carbons (Fsp3) is 0.429. The first-order chi connectivity index (χ1) is 31.5. The zero-order chi connectivity index (χ0) is 47.8. The molecule has 0 aromatic heterocycles. The van der Waals surface area contributed by atoms with E-state index in [9.17, 15) is 19.2 Å². The molecular weight excluding hydrogens is 888 g/mol. The number of nitrogens with one attached hydrogen (secondary N) is 2. The van der Waals surface area contributed by atoms with Gasteiger partial charge in [0.2, 0.25) is 0 Å². The minimum absolute atomic E-state index is 0.0243. The van der Waals surface area contributed by atoms with E-state index >= 15 is 0 Å². The number of esters is 2. The SMILES string of the molecule is C=C1Oc2cc(OC)cc(C(=O)O[C@H]3COC(=O)C[C@H](NC(=O)OC(C)(C)C)c4cc(Cl)c(c(OCOC)c4)O[C@@H]4C#CC/C=C/3C#CCC3=CC=C[C@@]34O[Si](CC)(CC)CC)c2NC1=O. The fourth-order valence-corrected chi connectivity index (χ4v) is 10.9. The Morgan fingerprint density at radius 1 is 1.08 bits per heavy atom. The summed E-state index contributed by atoms with van der Waals surface area (Å²) in [7, 11) is 0.409. The fourth-order valence-electron chi connectivity index (χ4n) is 7.68. The number of anilines is 1. The number of halogens is 1. The van der Waals surface area contributed by atoms with Crippen LogP contribution in [0.25, 0.3) is 0 Å².